The monoisotopic (exact) mass is 355 g/mol. The fourth-order valence-electron chi connectivity index (χ4n) is 3.69. The molecule has 132 valence electrons. The third-order valence-corrected chi connectivity index (χ3v) is 4.80. The van der Waals surface area contributed by atoms with Crippen molar-refractivity contribution in [3.05, 3.63) is 59.3 Å². The number of amidine groups is 1. The number of aliphatic imine (C=N–C) groups is 1. The maximum atomic E-state index is 14.6. The second-order valence-electron chi connectivity index (χ2n) is 6.30. The van der Waals surface area contributed by atoms with E-state index in [0.29, 0.717) is 24.3 Å². The molecule has 2 aliphatic rings. The van der Waals surface area contributed by atoms with E-state index in [1.165, 1.54) is 12.1 Å². The fourth-order valence-corrected chi connectivity index (χ4v) is 3.69. The fraction of sp³-hybridized carbons (Fsp3) is 0.278. The topological polar surface area (TPSA) is 87.5 Å². The Balaban J connectivity index is 1.81. The van der Waals surface area contributed by atoms with Crippen molar-refractivity contribution in [3.8, 4) is 6.07 Å². The van der Waals surface area contributed by atoms with Crippen LogP contribution in [0, 0.1) is 23.0 Å². The summed E-state index contributed by atoms with van der Waals surface area (Å²) in [7, 11) is 0. The molecule has 0 saturated carbocycles. The van der Waals surface area contributed by atoms with Gasteiger partial charge in [-0.3, -0.25) is 0 Å². The number of nitrogens with two attached hydrogens (primary N) is 1. The molecular weight excluding hydrogens is 340 g/mol. The van der Waals surface area contributed by atoms with Crippen LogP contribution in [0.1, 0.15) is 17.5 Å². The number of aromatic nitrogens is 1. The molecule has 6 nitrogen and oxygen atoms in total. The van der Waals surface area contributed by atoms with Crippen molar-refractivity contribution in [3.63, 3.8) is 0 Å². The predicted octanol–water partition coefficient (Wildman–Crippen LogP) is 2.05. The number of nitrogens with zero attached hydrogens (tertiary/aromatic N) is 4. The highest BCUT2D eigenvalue weighted by Crippen LogP contribution is 2.43. The summed E-state index contributed by atoms with van der Waals surface area (Å²) in [4.78, 5) is 10.6. The van der Waals surface area contributed by atoms with Crippen LogP contribution in [-0.4, -0.2) is 30.2 Å². The molecule has 0 aliphatic carbocycles. The molecule has 8 heteroatoms. The lowest BCUT2D eigenvalue weighted by molar-refractivity contribution is 0.108. The second-order valence-corrected chi connectivity index (χ2v) is 6.30. The van der Waals surface area contributed by atoms with E-state index in [0.717, 1.165) is 6.07 Å². The highest BCUT2D eigenvalue weighted by molar-refractivity contribution is 5.75. The van der Waals surface area contributed by atoms with Crippen LogP contribution in [0.3, 0.4) is 0 Å². The van der Waals surface area contributed by atoms with Gasteiger partial charge in [-0.2, -0.15) is 5.26 Å². The number of hydrogen-bond donors (Lipinski definition) is 1. The van der Waals surface area contributed by atoms with E-state index in [-0.39, 0.29) is 18.1 Å². The Bertz CT molecular complexity index is 941. The molecule has 0 bridgehead atoms. The van der Waals surface area contributed by atoms with Gasteiger partial charge in [-0.1, -0.05) is 6.07 Å². The number of pyridine rings is 1. The largest absolute Gasteiger partial charge is 0.459 e. The Kier molecular flexibility index (Phi) is 3.72. The van der Waals surface area contributed by atoms with Gasteiger partial charge in [0, 0.05) is 30.8 Å². The highest BCUT2D eigenvalue weighted by Gasteiger charge is 2.52. The van der Waals surface area contributed by atoms with Gasteiger partial charge in [-0.05, 0) is 18.2 Å². The Hall–Kier alpha value is -3.21. The second kappa shape index (κ2) is 5.95. The standard InChI is InChI=1S/C18H15F2N5O/c19-12-3-4-13(14(20)8-12)18-10-25(7-5-15(18)26-17(22)24-18)16-11(9-21)2-1-6-23-16/h1-4,6,8,15H,5,7,10H2,(H2,22,24). The first-order valence-corrected chi connectivity index (χ1v) is 8.11. The first-order chi connectivity index (χ1) is 12.5. The average Bonchev–Trinajstić information content (AvgIpc) is 2.97. The van der Waals surface area contributed by atoms with E-state index in [1.54, 1.807) is 18.3 Å². The number of halogens is 2. The number of piperidine rings is 1. The molecule has 0 radical (unpaired) electrons. The van der Waals surface area contributed by atoms with E-state index in [1.807, 2.05) is 4.90 Å². The van der Waals surface area contributed by atoms with Crippen LogP contribution < -0.4 is 10.6 Å². The summed E-state index contributed by atoms with van der Waals surface area (Å²) < 4.78 is 33.6. The van der Waals surface area contributed by atoms with Crippen molar-refractivity contribution < 1.29 is 13.5 Å². The molecule has 1 fully saturated rings. The molecule has 1 saturated heterocycles. The van der Waals surface area contributed by atoms with Gasteiger partial charge in [0.25, 0.3) is 6.02 Å². The van der Waals surface area contributed by atoms with Gasteiger partial charge < -0.3 is 15.4 Å². The van der Waals surface area contributed by atoms with Crippen LogP contribution in [0.2, 0.25) is 0 Å². The number of ether oxygens (including phenoxy) is 1. The van der Waals surface area contributed by atoms with E-state index < -0.39 is 23.3 Å². The first-order valence-electron chi connectivity index (χ1n) is 8.11. The highest BCUT2D eigenvalue weighted by atomic mass is 19.1. The lowest BCUT2D eigenvalue weighted by Crippen LogP contribution is -2.53. The van der Waals surface area contributed by atoms with Crippen LogP contribution >= 0.6 is 0 Å². The summed E-state index contributed by atoms with van der Waals surface area (Å²) in [6.07, 6.45) is 1.63. The Morgan fingerprint density at radius 3 is 2.96 bits per heavy atom. The minimum Gasteiger partial charge on any atom is -0.459 e. The van der Waals surface area contributed by atoms with Crippen LogP contribution in [-0.2, 0) is 10.3 Å². The summed E-state index contributed by atoms with van der Waals surface area (Å²) in [5.41, 5.74) is 5.29. The van der Waals surface area contributed by atoms with Gasteiger partial charge in [0.05, 0.1) is 12.1 Å². The molecule has 2 aromatic rings. The number of hydrogen-bond acceptors (Lipinski definition) is 6. The van der Waals surface area contributed by atoms with Crippen LogP contribution in [0.25, 0.3) is 0 Å². The van der Waals surface area contributed by atoms with E-state index in [9.17, 15) is 14.0 Å². The minimum atomic E-state index is -1.12. The summed E-state index contributed by atoms with van der Waals surface area (Å²) in [5.74, 6) is -0.879. The third-order valence-electron chi connectivity index (χ3n) is 4.80. The Morgan fingerprint density at radius 1 is 1.35 bits per heavy atom. The number of nitriles is 1. The predicted molar refractivity (Wildman–Crippen MR) is 90.3 cm³/mol. The molecule has 1 aromatic carbocycles. The Labute approximate surface area is 148 Å². The maximum absolute atomic E-state index is 14.6. The number of fused-ring (bicyclic) bond motifs is 1. The van der Waals surface area contributed by atoms with Gasteiger partial charge in [0.15, 0.2) is 0 Å². The zero-order valence-corrected chi connectivity index (χ0v) is 13.7. The van der Waals surface area contributed by atoms with Gasteiger partial charge in [0.2, 0.25) is 0 Å². The van der Waals surface area contributed by atoms with Gasteiger partial charge in [-0.25, -0.2) is 18.8 Å². The molecule has 1 aromatic heterocycles. The van der Waals surface area contributed by atoms with Crippen molar-refractivity contribution in [1.82, 2.24) is 4.98 Å². The summed E-state index contributed by atoms with van der Waals surface area (Å²) in [6, 6.07) is 8.82. The van der Waals surface area contributed by atoms with Crippen molar-refractivity contribution >= 4 is 11.8 Å². The van der Waals surface area contributed by atoms with E-state index in [2.05, 4.69) is 16.0 Å². The summed E-state index contributed by atoms with van der Waals surface area (Å²) in [6.45, 7) is 0.760. The van der Waals surface area contributed by atoms with Crippen LogP contribution in [0.5, 0.6) is 0 Å². The minimum absolute atomic E-state index is 0.0258. The van der Waals surface area contributed by atoms with Crippen molar-refractivity contribution in [1.29, 1.82) is 5.26 Å². The summed E-state index contributed by atoms with van der Waals surface area (Å²) in [5, 5.41) is 9.34. The maximum Gasteiger partial charge on any atom is 0.283 e. The molecule has 2 atom stereocenters. The van der Waals surface area contributed by atoms with Crippen molar-refractivity contribution in [2.75, 3.05) is 18.0 Å². The third kappa shape index (κ3) is 2.44. The molecule has 2 N–H and O–H groups in total. The van der Waals surface area contributed by atoms with E-state index in [4.69, 9.17) is 10.5 Å². The zero-order valence-electron chi connectivity index (χ0n) is 13.7. The molecule has 3 heterocycles. The van der Waals surface area contributed by atoms with Crippen molar-refractivity contribution in [2.45, 2.75) is 18.1 Å². The number of rotatable bonds is 2. The van der Waals surface area contributed by atoms with Crippen molar-refractivity contribution in [2.24, 2.45) is 10.7 Å². The van der Waals surface area contributed by atoms with Gasteiger partial charge >= 0.3 is 0 Å². The van der Waals surface area contributed by atoms with Crippen LogP contribution in [0.15, 0.2) is 41.5 Å². The molecular formula is C18H15F2N5O. The molecule has 26 heavy (non-hydrogen) atoms. The lowest BCUT2D eigenvalue weighted by Gasteiger charge is -2.42. The Morgan fingerprint density at radius 2 is 2.19 bits per heavy atom. The molecule has 0 spiro atoms. The normalized spacial score (nSPS) is 24.4. The molecule has 2 unspecified atom stereocenters. The molecule has 4 rings (SSSR count). The van der Waals surface area contributed by atoms with Crippen LogP contribution in [0.4, 0.5) is 14.6 Å². The molecule has 2 aliphatic heterocycles. The number of benzene rings is 1. The average molecular weight is 355 g/mol. The zero-order chi connectivity index (χ0) is 18.3. The SMILES string of the molecule is N#Cc1cccnc1N1CCC2OC(N)=NC2(c2ccc(F)cc2F)C1. The molecule has 0 amide bonds. The first kappa shape index (κ1) is 16.3. The smallest absolute Gasteiger partial charge is 0.283 e. The van der Waals surface area contributed by atoms with Gasteiger partial charge in [-0.15, -0.1) is 0 Å². The summed E-state index contributed by atoms with van der Waals surface area (Å²) >= 11 is 0. The quantitative estimate of drug-likeness (QED) is 0.891. The lowest BCUT2D eigenvalue weighted by atomic mass is 9.80. The van der Waals surface area contributed by atoms with E-state index >= 15 is 0 Å². The van der Waals surface area contributed by atoms with Gasteiger partial charge in [0.1, 0.15) is 35.2 Å². The number of anilines is 1.